The van der Waals surface area contributed by atoms with Crippen LogP contribution in [-0.4, -0.2) is 17.6 Å². The second-order valence-corrected chi connectivity index (χ2v) is 4.17. The maximum atomic E-state index is 10.8. The highest BCUT2D eigenvalue weighted by Crippen LogP contribution is 2.14. The van der Waals surface area contributed by atoms with Gasteiger partial charge in [-0.05, 0) is 19.4 Å². The summed E-state index contributed by atoms with van der Waals surface area (Å²) in [5.74, 6) is -0.907. The number of hydrogen-bond donors (Lipinski definition) is 2. The fraction of sp³-hybridized carbons (Fsp3) is 0.917. The zero-order valence-corrected chi connectivity index (χ0v) is 9.87. The molecule has 0 aliphatic rings. The Bertz CT molecular complexity index is 160. The molecule has 90 valence electrons. The van der Waals surface area contributed by atoms with Gasteiger partial charge in [0, 0.05) is 0 Å². The van der Waals surface area contributed by atoms with Gasteiger partial charge in [-0.15, -0.1) is 0 Å². The zero-order valence-electron chi connectivity index (χ0n) is 9.87. The number of aliphatic carboxylic acids is 1. The van der Waals surface area contributed by atoms with E-state index in [9.17, 15) is 4.79 Å². The largest absolute Gasteiger partial charge is 0.481 e. The lowest BCUT2D eigenvalue weighted by Crippen LogP contribution is -2.17. The van der Waals surface area contributed by atoms with Gasteiger partial charge in [-0.3, -0.25) is 4.79 Å². The maximum absolute atomic E-state index is 10.8. The van der Waals surface area contributed by atoms with Crippen molar-refractivity contribution in [3.63, 3.8) is 0 Å². The van der Waals surface area contributed by atoms with Gasteiger partial charge in [0.2, 0.25) is 0 Å². The molecule has 3 nitrogen and oxygen atoms in total. The molecule has 1 atom stereocenters. The first-order valence-electron chi connectivity index (χ1n) is 6.15. The number of carboxylic acids is 1. The van der Waals surface area contributed by atoms with Gasteiger partial charge in [0.15, 0.2) is 0 Å². The van der Waals surface area contributed by atoms with E-state index in [0.29, 0.717) is 13.0 Å². The lowest BCUT2D eigenvalue weighted by molar-refractivity contribution is -0.142. The fourth-order valence-corrected chi connectivity index (χ4v) is 1.76. The molecule has 1 unspecified atom stereocenters. The van der Waals surface area contributed by atoms with Crippen molar-refractivity contribution in [2.45, 2.75) is 58.3 Å². The molecule has 0 fully saturated rings. The minimum Gasteiger partial charge on any atom is -0.481 e. The summed E-state index contributed by atoms with van der Waals surface area (Å²) in [5, 5.41) is 8.89. The molecular formula is C12H25NO2. The van der Waals surface area contributed by atoms with Crippen LogP contribution in [-0.2, 0) is 4.79 Å². The topological polar surface area (TPSA) is 63.3 Å². The molecule has 15 heavy (non-hydrogen) atoms. The van der Waals surface area contributed by atoms with E-state index in [1.807, 2.05) is 0 Å². The summed E-state index contributed by atoms with van der Waals surface area (Å²) >= 11 is 0. The molecule has 0 heterocycles. The standard InChI is InChI=1S/C12H25NO2/c1-2-3-4-5-6-7-8-11(9-10-13)12(14)15/h11H,2-10,13H2,1H3,(H,14,15). The van der Waals surface area contributed by atoms with Gasteiger partial charge in [0.1, 0.15) is 0 Å². The Morgan fingerprint density at radius 1 is 1.13 bits per heavy atom. The van der Waals surface area contributed by atoms with Crippen molar-refractivity contribution >= 4 is 5.97 Å². The molecule has 0 aliphatic carbocycles. The number of carbonyl (C=O) groups is 1. The SMILES string of the molecule is CCCCCCCCC(CCN)C(=O)O. The number of unbranched alkanes of at least 4 members (excludes halogenated alkanes) is 5. The maximum Gasteiger partial charge on any atom is 0.306 e. The molecule has 0 saturated carbocycles. The summed E-state index contributed by atoms with van der Waals surface area (Å²) in [4.78, 5) is 10.8. The van der Waals surface area contributed by atoms with E-state index in [1.54, 1.807) is 0 Å². The van der Waals surface area contributed by atoms with Gasteiger partial charge < -0.3 is 10.8 Å². The van der Waals surface area contributed by atoms with Crippen LogP contribution in [0, 0.1) is 5.92 Å². The summed E-state index contributed by atoms with van der Waals surface area (Å²) in [5.41, 5.74) is 5.37. The van der Waals surface area contributed by atoms with Crippen LogP contribution in [0.2, 0.25) is 0 Å². The molecule has 0 amide bonds. The molecule has 3 N–H and O–H groups in total. The van der Waals surface area contributed by atoms with Crippen molar-refractivity contribution in [1.82, 2.24) is 0 Å². The van der Waals surface area contributed by atoms with Crippen molar-refractivity contribution in [3.05, 3.63) is 0 Å². The van der Waals surface area contributed by atoms with Crippen LogP contribution < -0.4 is 5.73 Å². The third kappa shape index (κ3) is 8.43. The second kappa shape index (κ2) is 9.97. The number of hydrogen-bond acceptors (Lipinski definition) is 2. The highest BCUT2D eigenvalue weighted by atomic mass is 16.4. The first-order valence-corrected chi connectivity index (χ1v) is 6.15. The Labute approximate surface area is 93.0 Å². The van der Waals surface area contributed by atoms with E-state index < -0.39 is 5.97 Å². The van der Waals surface area contributed by atoms with Crippen LogP contribution >= 0.6 is 0 Å². The third-order valence-electron chi connectivity index (χ3n) is 2.77. The molecular weight excluding hydrogens is 190 g/mol. The van der Waals surface area contributed by atoms with E-state index in [4.69, 9.17) is 10.8 Å². The normalized spacial score (nSPS) is 12.7. The van der Waals surface area contributed by atoms with Gasteiger partial charge in [-0.2, -0.15) is 0 Å². The van der Waals surface area contributed by atoms with E-state index in [2.05, 4.69) is 6.92 Å². The molecule has 3 heteroatoms. The summed E-state index contributed by atoms with van der Waals surface area (Å²) in [6, 6.07) is 0. The molecule has 0 saturated heterocycles. The summed E-state index contributed by atoms with van der Waals surface area (Å²) in [6.07, 6.45) is 8.67. The summed E-state index contributed by atoms with van der Waals surface area (Å²) in [7, 11) is 0. The Kier molecular flexibility index (Phi) is 9.59. The molecule has 0 spiro atoms. The fourth-order valence-electron chi connectivity index (χ4n) is 1.76. The Morgan fingerprint density at radius 3 is 2.27 bits per heavy atom. The monoisotopic (exact) mass is 215 g/mol. The minimum absolute atomic E-state index is 0.221. The molecule has 0 aromatic heterocycles. The van der Waals surface area contributed by atoms with Crippen LogP contribution in [0.3, 0.4) is 0 Å². The lowest BCUT2D eigenvalue weighted by Gasteiger charge is -2.10. The van der Waals surface area contributed by atoms with Gasteiger partial charge in [-0.1, -0.05) is 45.4 Å². The molecule has 0 radical (unpaired) electrons. The van der Waals surface area contributed by atoms with Gasteiger partial charge in [0.05, 0.1) is 5.92 Å². The number of rotatable bonds is 10. The predicted octanol–water partition coefficient (Wildman–Crippen LogP) is 2.79. The van der Waals surface area contributed by atoms with Crippen LogP contribution in [0.4, 0.5) is 0 Å². The average molecular weight is 215 g/mol. The molecule has 0 bridgehead atoms. The van der Waals surface area contributed by atoms with Crippen molar-refractivity contribution in [3.8, 4) is 0 Å². The van der Waals surface area contributed by atoms with E-state index in [1.165, 1.54) is 25.7 Å². The molecule has 0 aromatic rings. The van der Waals surface area contributed by atoms with Crippen LogP contribution in [0.5, 0.6) is 0 Å². The highest BCUT2D eigenvalue weighted by Gasteiger charge is 2.15. The summed E-state index contributed by atoms with van der Waals surface area (Å²) < 4.78 is 0. The highest BCUT2D eigenvalue weighted by molar-refractivity contribution is 5.69. The smallest absolute Gasteiger partial charge is 0.306 e. The van der Waals surface area contributed by atoms with Crippen molar-refractivity contribution in [2.24, 2.45) is 11.7 Å². The van der Waals surface area contributed by atoms with E-state index in [0.717, 1.165) is 19.3 Å². The molecule has 0 aromatic carbocycles. The Balaban J connectivity index is 3.41. The average Bonchev–Trinajstić information content (AvgIpc) is 2.21. The Morgan fingerprint density at radius 2 is 1.73 bits per heavy atom. The Hall–Kier alpha value is -0.570. The summed E-state index contributed by atoms with van der Waals surface area (Å²) in [6.45, 7) is 2.68. The van der Waals surface area contributed by atoms with Crippen molar-refractivity contribution in [2.75, 3.05) is 6.54 Å². The number of nitrogens with two attached hydrogens (primary N) is 1. The van der Waals surface area contributed by atoms with E-state index >= 15 is 0 Å². The molecule has 0 aliphatic heterocycles. The minimum atomic E-state index is -0.686. The quantitative estimate of drug-likeness (QED) is 0.551. The van der Waals surface area contributed by atoms with E-state index in [-0.39, 0.29) is 5.92 Å². The third-order valence-corrected chi connectivity index (χ3v) is 2.77. The first-order chi connectivity index (χ1) is 7.22. The zero-order chi connectivity index (χ0) is 11.5. The van der Waals surface area contributed by atoms with Crippen LogP contribution in [0.15, 0.2) is 0 Å². The molecule has 0 rings (SSSR count). The van der Waals surface area contributed by atoms with Crippen molar-refractivity contribution < 1.29 is 9.90 Å². The van der Waals surface area contributed by atoms with Crippen LogP contribution in [0.1, 0.15) is 58.3 Å². The van der Waals surface area contributed by atoms with Crippen LogP contribution in [0.25, 0.3) is 0 Å². The first kappa shape index (κ1) is 14.4. The van der Waals surface area contributed by atoms with Gasteiger partial charge in [-0.25, -0.2) is 0 Å². The number of carboxylic acid groups (broad SMARTS) is 1. The van der Waals surface area contributed by atoms with Crippen molar-refractivity contribution in [1.29, 1.82) is 0 Å². The predicted molar refractivity (Wildman–Crippen MR) is 62.8 cm³/mol. The second-order valence-electron chi connectivity index (χ2n) is 4.17. The van der Waals surface area contributed by atoms with Gasteiger partial charge >= 0.3 is 5.97 Å². The lowest BCUT2D eigenvalue weighted by atomic mass is 9.97. The van der Waals surface area contributed by atoms with Gasteiger partial charge in [0.25, 0.3) is 0 Å².